The van der Waals surface area contributed by atoms with Gasteiger partial charge in [-0.3, -0.25) is 14.5 Å². The third-order valence-electron chi connectivity index (χ3n) is 8.20. The van der Waals surface area contributed by atoms with E-state index in [9.17, 15) is 9.59 Å². The van der Waals surface area contributed by atoms with E-state index in [4.69, 9.17) is 9.47 Å². The predicted molar refractivity (Wildman–Crippen MR) is 148 cm³/mol. The van der Waals surface area contributed by atoms with E-state index in [1.165, 1.54) is 19.3 Å². The lowest BCUT2D eigenvalue weighted by molar-refractivity contribution is -0.153. The SMILES string of the molecule is CC1(C)CC(OC(=O)CCN(CCC(=O)OC2CC(C)(C)NC(C)(C)C2)C2CCCCC2)CC(C)(C)N1. The fourth-order valence-corrected chi connectivity index (χ4v) is 7.51. The molecule has 3 aliphatic rings. The summed E-state index contributed by atoms with van der Waals surface area (Å²) in [6, 6.07) is 0.433. The van der Waals surface area contributed by atoms with Crippen molar-refractivity contribution in [2.24, 2.45) is 0 Å². The Kier molecular flexibility index (Phi) is 9.78. The van der Waals surface area contributed by atoms with Gasteiger partial charge in [-0.05, 0) is 68.2 Å². The normalized spacial score (nSPS) is 26.1. The maximum absolute atomic E-state index is 12.9. The van der Waals surface area contributed by atoms with E-state index in [1.54, 1.807) is 0 Å². The fraction of sp³-hybridized carbons (Fsp3) is 0.933. The maximum atomic E-state index is 12.9. The number of piperidine rings is 2. The molecule has 2 aliphatic heterocycles. The molecule has 3 rings (SSSR count). The molecule has 37 heavy (non-hydrogen) atoms. The Bertz CT molecular complexity index is 698. The molecule has 2 saturated heterocycles. The quantitative estimate of drug-likeness (QED) is 0.408. The van der Waals surface area contributed by atoms with Crippen LogP contribution in [0.1, 0.15) is 126 Å². The summed E-state index contributed by atoms with van der Waals surface area (Å²) in [5, 5.41) is 7.29. The van der Waals surface area contributed by atoms with Gasteiger partial charge in [-0.1, -0.05) is 19.3 Å². The lowest BCUT2D eigenvalue weighted by Gasteiger charge is -2.46. The van der Waals surface area contributed by atoms with E-state index >= 15 is 0 Å². The van der Waals surface area contributed by atoms with Gasteiger partial charge >= 0.3 is 11.9 Å². The molecule has 0 aromatic rings. The third kappa shape index (κ3) is 10.1. The molecule has 0 unspecified atom stereocenters. The summed E-state index contributed by atoms with van der Waals surface area (Å²) in [6.07, 6.45) is 9.89. The van der Waals surface area contributed by atoms with Crippen LogP contribution in [0.5, 0.6) is 0 Å². The predicted octanol–water partition coefficient (Wildman–Crippen LogP) is 5.11. The van der Waals surface area contributed by atoms with Gasteiger partial charge in [-0.25, -0.2) is 0 Å². The molecule has 0 bridgehead atoms. The molecule has 1 saturated carbocycles. The zero-order valence-electron chi connectivity index (χ0n) is 25.0. The summed E-state index contributed by atoms with van der Waals surface area (Å²) in [4.78, 5) is 28.1. The largest absolute Gasteiger partial charge is 0.462 e. The second kappa shape index (κ2) is 11.9. The van der Waals surface area contributed by atoms with Crippen molar-refractivity contribution in [3.05, 3.63) is 0 Å². The minimum absolute atomic E-state index is 0.0555. The first-order chi connectivity index (χ1) is 17.0. The van der Waals surface area contributed by atoms with Crippen molar-refractivity contribution in [2.45, 2.75) is 166 Å². The lowest BCUT2D eigenvalue weighted by Crippen LogP contribution is -2.59. The minimum Gasteiger partial charge on any atom is -0.462 e. The first-order valence-corrected chi connectivity index (χ1v) is 14.7. The zero-order chi connectivity index (χ0) is 27.5. The number of hydrogen-bond donors (Lipinski definition) is 2. The summed E-state index contributed by atoms with van der Waals surface area (Å²) in [5.41, 5.74) is -0.222. The van der Waals surface area contributed by atoms with Gasteiger partial charge in [0.25, 0.3) is 0 Å². The summed E-state index contributed by atoms with van der Waals surface area (Å²) in [6.45, 7) is 18.7. The molecule has 214 valence electrons. The van der Waals surface area contributed by atoms with Crippen molar-refractivity contribution in [1.29, 1.82) is 0 Å². The fourth-order valence-electron chi connectivity index (χ4n) is 7.51. The van der Waals surface area contributed by atoms with Gasteiger partial charge in [-0.2, -0.15) is 0 Å². The Balaban J connectivity index is 1.51. The second-order valence-corrected chi connectivity index (χ2v) is 14.7. The van der Waals surface area contributed by atoms with Gasteiger partial charge in [0.05, 0.1) is 12.8 Å². The van der Waals surface area contributed by atoms with E-state index in [2.05, 4.69) is 70.9 Å². The van der Waals surface area contributed by atoms with Gasteiger partial charge in [0, 0.05) is 67.0 Å². The van der Waals surface area contributed by atoms with Crippen molar-refractivity contribution in [1.82, 2.24) is 15.5 Å². The average Bonchev–Trinajstić information content (AvgIpc) is 2.69. The van der Waals surface area contributed by atoms with Gasteiger partial charge in [0.1, 0.15) is 12.2 Å². The molecule has 0 aromatic carbocycles. The van der Waals surface area contributed by atoms with Crippen LogP contribution in [0, 0.1) is 0 Å². The molecular weight excluding hydrogens is 466 g/mol. The standard InChI is InChI=1S/C30H55N3O4/c1-27(2)18-23(19-28(3,4)31-27)36-25(34)14-16-33(22-12-10-9-11-13-22)17-15-26(35)37-24-20-29(5,6)32-30(7,8)21-24/h22-24,31-32H,9-21H2,1-8H3. The van der Waals surface area contributed by atoms with E-state index in [0.717, 1.165) is 38.5 Å². The zero-order valence-corrected chi connectivity index (χ0v) is 25.0. The van der Waals surface area contributed by atoms with Crippen LogP contribution < -0.4 is 10.6 Å². The van der Waals surface area contributed by atoms with E-state index in [1.807, 2.05) is 0 Å². The molecule has 2 heterocycles. The summed E-state index contributed by atoms with van der Waals surface area (Å²) in [7, 11) is 0. The number of nitrogens with zero attached hydrogens (tertiary/aromatic N) is 1. The highest BCUT2D eigenvalue weighted by Gasteiger charge is 2.40. The Morgan fingerprint density at radius 3 is 1.35 bits per heavy atom. The second-order valence-electron chi connectivity index (χ2n) is 14.7. The highest BCUT2D eigenvalue weighted by atomic mass is 16.5. The van der Waals surface area contributed by atoms with Crippen molar-refractivity contribution in [3.8, 4) is 0 Å². The topological polar surface area (TPSA) is 79.9 Å². The van der Waals surface area contributed by atoms with Crippen LogP contribution in [0.4, 0.5) is 0 Å². The van der Waals surface area contributed by atoms with Crippen LogP contribution in [0.2, 0.25) is 0 Å². The van der Waals surface area contributed by atoms with Crippen molar-refractivity contribution in [2.75, 3.05) is 13.1 Å². The molecule has 0 amide bonds. The van der Waals surface area contributed by atoms with Gasteiger partial charge in [0.2, 0.25) is 0 Å². The molecule has 1 aliphatic carbocycles. The molecule has 0 atom stereocenters. The number of esters is 2. The number of carbonyl (C=O) groups is 2. The van der Waals surface area contributed by atoms with Crippen LogP contribution in [0.3, 0.4) is 0 Å². The summed E-state index contributed by atoms with van der Waals surface area (Å²) >= 11 is 0. The number of ether oxygens (including phenoxy) is 2. The Hall–Kier alpha value is -1.18. The molecule has 3 fully saturated rings. The molecule has 7 heteroatoms. The van der Waals surface area contributed by atoms with E-state index < -0.39 is 0 Å². The number of carbonyl (C=O) groups excluding carboxylic acids is 2. The molecule has 2 N–H and O–H groups in total. The Morgan fingerprint density at radius 2 is 1.00 bits per heavy atom. The maximum Gasteiger partial charge on any atom is 0.307 e. The number of hydrogen-bond acceptors (Lipinski definition) is 7. The number of rotatable bonds is 9. The summed E-state index contributed by atoms with van der Waals surface area (Å²) < 4.78 is 11.9. The van der Waals surface area contributed by atoms with Crippen molar-refractivity contribution < 1.29 is 19.1 Å². The Morgan fingerprint density at radius 1 is 0.649 bits per heavy atom. The minimum atomic E-state index is -0.124. The van der Waals surface area contributed by atoms with Gasteiger partial charge in [-0.15, -0.1) is 0 Å². The third-order valence-corrected chi connectivity index (χ3v) is 8.20. The van der Waals surface area contributed by atoms with Gasteiger partial charge < -0.3 is 20.1 Å². The van der Waals surface area contributed by atoms with E-state index in [0.29, 0.717) is 32.0 Å². The highest BCUT2D eigenvalue weighted by Crippen LogP contribution is 2.32. The van der Waals surface area contributed by atoms with Crippen molar-refractivity contribution in [3.63, 3.8) is 0 Å². The molecular formula is C30H55N3O4. The van der Waals surface area contributed by atoms with Crippen LogP contribution in [0.25, 0.3) is 0 Å². The van der Waals surface area contributed by atoms with Crippen LogP contribution in [-0.4, -0.2) is 70.3 Å². The monoisotopic (exact) mass is 521 g/mol. The first-order valence-electron chi connectivity index (χ1n) is 14.7. The highest BCUT2D eigenvalue weighted by molar-refractivity contribution is 5.70. The van der Waals surface area contributed by atoms with Crippen LogP contribution in [0.15, 0.2) is 0 Å². The van der Waals surface area contributed by atoms with Crippen LogP contribution in [-0.2, 0) is 19.1 Å². The molecule has 7 nitrogen and oxygen atoms in total. The molecule has 0 aromatic heterocycles. The van der Waals surface area contributed by atoms with Crippen LogP contribution >= 0.6 is 0 Å². The molecule has 0 spiro atoms. The average molecular weight is 522 g/mol. The number of nitrogens with one attached hydrogen (secondary N) is 2. The first kappa shape index (κ1) is 30.4. The lowest BCUT2D eigenvalue weighted by atomic mass is 9.81. The smallest absolute Gasteiger partial charge is 0.307 e. The van der Waals surface area contributed by atoms with Crippen molar-refractivity contribution >= 4 is 11.9 Å². The summed E-state index contributed by atoms with van der Waals surface area (Å²) in [5.74, 6) is -0.248. The van der Waals surface area contributed by atoms with E-state index in [-0.39, 0.29) is 46.3 Å². The Labute approximate surface area is 226 Å². The van der Waals surface area contributed by atoms with Gasteiger partial charge in [0.15, 0.2) is 0 Å². The molecule has 0 radical (unpaired) electrons.